The first-order valence-corrected chi connectivity index (χ1v) is 8.65. The molecule has 0 spiro atoms. The van der Waals surface area contributed by atoms with E-state index in [-0.39, 0.29) is 5.91 Å². The number of likely N-dealkylation sites (tertiary alicyclic amines) is 1. The quantitative estimate of drug-likeness (QED) is 0.873. The lowest BCUT2D eigenvalue weighted by Crippen LogP contribution is -2.45. The molecule has 116 valence electrons. The van der Waals surface area contributed by atoms with E-state index < -0.39 is 15.6 Å². The Kier molecular flexibility index (Phi) is 4.25. The van der Waals surface area contributed by atoms with Crippen molar-refractivity contribution in [1.82, 2.24) is 4.90 Å². The zero-order valence-corrected chi connectivity index (χ0v) is 13.0. The van der Waals surface area contributed by atoms with E-state index in [1.807, 2.05) is 0 Å². The molecule has 1 aromatic carbocycles. The fourth-order valence-corrected chi connectivity index (χ4v) is 2.83. The summed E-state index contributed by atoms with van der Waals surface area (Å²) in [4.78, 5) is 14.0. The maximum absolute atomic E-state index is 12.3. The maximum atomic E-state index is 12.3. The molecule has 7 heteroatoms. The van der Waals surface area contributed by atoms with Crippen molar-refractivity contribution in [2.45, 2.75) is 25.4 Å². The van der Waals surface area contributed by atoms with Gasteiger partial charge in [-0.2, -0.15) is 0 Å². The van der Waals surface area contributed by atoms with Gasteiger partial charge in [-0.3, -0.25) is 9.52 Å². The molecular formula is C14H20N2O4S. The van der Waals surface area contributed by atoms with Crippen LogP contribution in [0, 0.1) is 0 Å². The molecule has 21 heavy (non-hydrogen) atoms. The molecule has 1 aliphatic rings. The molecule has 2 N–H and O–H groups in total. The van der Waals surface area contributed by atoms with Gasteiger partial charge in [0, 0.05) is 24.3 Å². The number of carbonyl (C=O) groups excluding carboxylic acids is 1. The average Bonchev–Trinajstić information content (AvgIpc) is 2.37. The number of hydrogen-bond acceptors (Lipinski definition) is 4. The molecule has 1 aliphatic heterocycles. The Morgan fingerprint density at radius 1 is 1.24 bits per heavy atom. The van der Waals surface area contributed by atoms with Crippen molar-refractivity contribution in [3.63, 3.8) is 0 Å². The molecule has 2 rings (SSSR count). The fraction of sp³-hybridized carbons (Fsp3) is 0.500. The molecule has 1 aromatic rings. The van der Waals surface area contributed by atoms with Crippen molar-refractivity contribution in [2.75, 3.05) is 24.1 Å². The summed E-state index contributed by atoms with van der Waals surface area (Å²) in [5, 5.41) is 9.89. The van der Waals surface area contributed by atoms with E-state index in [0.717, 1.165) is 6.26 Å². The van der Waals surface area contributed by atoms with E-state index in [1.165, 1.54) is 0 Å². The number of hydrogen-bond donors (Lipinski definition) is 2. The van der Waals surface area contributed by atoms with Crippen LogP contribution in [0.5, 0.6) is 0 Å². The van der Waals surface area contributed by atoms with Gasteiger partial charge in [0.15, 0.2) is 0 Å². The van der Waals surface area contributed by atoms with E-state index in [2.05, 4.69) is 4.72 Å². The summed E-state index contributed by atoms with van der Waals surface area (Å²) in [6.07, 6.45) is 2.20. The van der Waals surface area contributed by atoms with Gasteiger partial charge in [0.1, 0.15) is 0 Å². The molecule has 1 heterocycles. The normalized spacial score (nSPS) is 18.3. The smallest absolute Gasteiger partial charge is 0.253 e. The zero-order chi connectivity index (χ0) is 15.7. The molecule has 0 atom stereocenters. The molecule has 6 nitrogen and oxygen atoms in total. The summed E-state index contributed by atoms with van der Waals surface area (Å²) in [5.41, 5.74) is 0.242. The number of nitrogens with zero attached hydrogens (tertiary/aromatic N) is 1. The second-order valence-corrected chi connectivity index (χ2v) is 7.49. The van der Waals surface area contributed by atoms with Crippen LogP contribution in [-0.2, 0) is 10.0 Å². The van der Waals surface area contributed by atoms with Crippen LogP contribution in [0.15, 0.2) is 24.3 Å². The van der Waals surface area contributed by atoms with Crippen LogP contribution in [0.25, 0.3) is 0 Å². The summed E-state index contributed by atoms with van der Waals surface area (Å²) < 4.78 is 24.6. The first kappa shape index (κ1) is 15.8. The van der Waals surface area contributed by atoms with Gasteiger partial charge in [-0.1, -0.05) is 0 Å². The first-order chi connectivity index (χ1) is 9.66. The number of carbonyl (C=O) groups is 1. The lowest BCUT2D eigenvalue weighted by atomic mass is 9.93. The topological polar surface area (TPSA) is 86.7 Å². The van der Waals surface area contributed by atoms with Gasteiger partial charge in [0.25, 0.3) is 5.91 Å². The fourth-order valence-electron chi connectivity index (χ4n) is 2.27. The highest BCUT2D eigenvalue weighted by molar-refractivity contribution is 7.92. The number of aliphatic hydroxyl groups is 1. The summed E-state index contributed by atoms with van der Waals surface area (Å²) in [7, 11) is -3.32. The number of anilines is 1. The Morgan fingerprint density at radius 2 is 1.76 bits per heavy atom. The van der Waals surface area contributed by atoms with E-state index >= 15 is 0 Å². The lowest BCUT2D eigenvalue weighted by molar-refractivity contribution is -0.00202. The van der Waals surface area contributed by atoms with Crippen LogP contribution in [0.2, 0.25) is 0 Å². The molecule has 0 radical (unpaired) electrons. The van der Waals surface area contributed by atoms with Crippen molar-refractivity contribution in [2.24, 2.45) is 0 Å². The Morgan fingerprint density at radius 3 is 2.24 bits per heavy atom. The Hall–Kier alpha value is -1.60. The summed E-state index contributed by atoms with van der Waals surface area (Å²) >= 11 is 0. The van der Waals surface area contributed by atoms with Crippen LogP contribution in [-0.4, -0.2) is 49.3 Å². The zero-order valence-electron chi connectivity index (χ0n) is 12.2. The number of rotatable bonds is 3. The minimum Gasteiger partial charge on any atom is -0.390 e. The second-order valence-electron chi connectivity index (χ2n) is 5.74. The van der Waals surface area contributed by atoms with Crippen molar-refractivity contribution in [3.8, 4) is 0 Å². The molecule has 0 bridgehead atoms. The molecule has 0 aromatic heterocycles. The molecule has 1 fully saturated rings. The van der Waals surface area contributed by atoms with Gasteiger partial charge < -0.3 is 10.0 Å². The average molecular weight is 312 g/mol. The van der Waals surface area contributed by atoms with Crippen molar-refractivity contribution >= 4 is 21.6 Å². The van der Waals surface area contributed by atoms with Crippen LogP contribution < -0.4 is 4.72 Å². The van der Waals surface area contributed by atoms with Gasteiger partial charge in [-0.15, -0.1) is 0 Å². The van der Waals surface area contributed by atoms with Gasteiger partial charge in [0.05, 0.1) is 11.9 Å². The SMILES string of the molecule is CC1(O)CCN(C(=O)c2ccc(NS(C)(=O)=O)cc2)CC1. The van der Waals surface area contributed by atoms with E-state index in [9.17, 15) is 18.3 Å². The van der Waals surface area contributed by atoms with Crippen LogP contribution >= 0.6 is 0 Å². The highest BCUT2D eigenvalue weighted by atomic mass is 32.2. The third-order valence-corrected chi connectivity index (χ3v) is 4.17. The van der Waals surface area contributed by atoms with Crippen LogP contribution in [0.1, 0.15) is 30.1 Å². The van der Waals surface area contributed by atoms with E-state index in [4.69, 9.17) is 0 Å². The van der Waals surface area contributed by atoms with Gasteiger partial charge in [-0.25, -0.2) is 8.42 Å². The van der Waals surface area contributed by atoms with Gasteiger partial charge >= 0.3 is 0 Å². The largest absolute Gasteiger partial charge is 0.390 e. The minimum atomic E-state index is -3.32. The Bertz CT molecular complexity index is 613. The van der Waals surface area contributed by atoms with Gasteiger partial charge in [0.2, 0.25) is 10.0 Å². The molecule has 0 aliphatic carbocycles. The number of piperidine rings is 1. The Balaban J connectivity index is 2.04. The van der Waals surface area contributed by atoms with Gasteiger partial charge in [-0.05, 0) is 44.0 Å². The number of nitrogens with one attached hydrogen (secondary N) is 1. The van der Waals surface area contributed by atoms with E-state index in [0.29, 0.717) is 37.2 Å². The van der Waals surface area contributed by atoms with E-state index in [1.54, 1.807) is 36.1 Å². The first-order valence-electron chi connectivity index (χ1n) is 6.76. The molecule has 1 saturated heterocycles. The predicted octanol–water partition coefficient (Wildman–Crippen LogP) is 1.05. The number of amides is 1. The molecule has 0 unspecified atom stereocenters. The summed E-state index contributed by atoms with van der Waals surface area (Å²) in [5.74, 6) is -0.101. The number of sulfonamides is 1. The monoisotopic (exact) mass is 312 g/mol. The standard InChI is InChI=1S/C14H20N2O4S/c1-14(18)7-9-16(10-8-14)13(17)11-3-5-12(6-4-11)15-21(2,19)20/h3-6,15,18H,7-10H2,1-2H3. The highest BCUT2D eigenvalue weighted by Crippen LogP contribution is 2.22. The maximum Gasteiger partial charge on any atom is 0.253 e. The number of benzene rings is 1. The Labute approximate surface area is 124 Å². The molecular weight excluding hydrogens is 292 g/mol. The van der Waals surface area contributed by atoms with Crippen LogP contribution in [0.3, 0.4) is 0 Å². The third-order valence-electron chi connectivity index (χ3n) is 3.56. The lowest BCUT2D eigenvalue weighted by Gasteiger charge is -2.35. The highest BCUT2D eigenvalue weighted by Gasteiger charge is 2.29. The summed E-state index contributed by atoms with van der Waals surface area (Å²) in [6.45, 7) is 2.82. The molecule has 0 saturated carbocycles. The summed E-state index contributed by atoms with van der Waals surface area (Å²) in [6, 6.07) is 6.33. The third kappa shape index (κ3) is 4.44. The van der Waals surface area contributed by atoms with Crippen molar-refractivity contribution < 1.29 is 18.3 Å². The minimum absolute atomic E-state index is 0.101. The second kappa shape index (κ2) is 5.65. The van der Waals surface area contributed by atoms with Crippen molar-refractivity contribution in [1.29, 1.82) is 0 Å². The van der Waals surface area contributed by atoms with Crippen LogP contribution in [0.4, 0.5) is 5.69 Å². The van der Waals surface area contributed by atoms with Crippen molar-refractivity contribution in [3.05, 3.63) is 29.8 Å². The molecule has 1 amide bonds. The predicted molar refractivity (Wildman–Crippen MR) is 80.7 cm³/mol.